The van der Waals surface area contributed by atoms with Gasteiger partial charge in [-0.05, 0) is 48.4 Å². The van der Waals surface area contributed by atoms with E-state index in [1.807, 2.05) is 50.2 Å². The van der Waals surface area contributed by atoms with Gasteiger partial charge < -0.3 is 15.0 Å². The highest BCUT2D eigenvalue weighted by Crippen LogP contribution is 2.32. The van der Waals surface area contributed by atoms with Crippen LogP contribution in [0, 0.1) is 11.3 Å². The minimum atomic E-state index is -0.774. The van der Waals surface area contributed by atoms with Crippen LogP contribution in [0.3, 0.4) is 0 Å². The Hall–Kier alpha value is -4.42. The summed E-state index contributed by atoms with van der Waals surface area (Å²) >= 11 is 0. The highest BCUT2D eigenvalue weighted by atomic mass is 16.5. The Kier molecular flexibility index (Phi) is 6.04. The van der Waals surface area contributed by atoms with Crippen LogP contribution in [0.15, 0.2) is 55.0 Å². The number of anilines is 1. The molecular formula is C27H25N7O2. The largest absolute Gasteiger partial charge is 0.375 e. The summed E-state index contributed by atoms with van der Waals surface area (Å²) < 4.78 is 5.55. The molecule has 1 N–H and O–H groups in total. The van der Waals surface area contributed by atoms with E-state index in [-0.39, 0.29) is 12.5 Å². The molecule has 1 amide bonds. The first-order chi connectivity index (χ1) is 17.4. The van der Waals surface area contributed by atoms with Gasteiger partial charge in [-0.2, -0.15) is 5.26 Å². The second-order valence-corrected chi connectivity index (χ2v) is 9.21. The molecule has 1 atom stereocenters. The molecule has 180 valence electrons. The van der Waals surface area contributed by atoms with Gasteiger partial charge >= 0.3 is 0 Å². The molecule has 36 heavy (non-hydrogen) atoms. The van der Waals surface area contributed by atoms with E-state index in [0.29, 0.717) is 35.9 Å². The summed E-state index contributed by atoms with van der Waals surface area (Å²) in [6.07, 6.45) is 5.13. The third-order valence-electron chi connectivity index (χ3n) is 6.26. The molecule has 4 heterocycles. The summed E-state index contributed by atoms with van der Waals surface area (Å²) in [6.45, 7) is 2.82. The maximum Gasteiger partial charge on any atom is 0.251 e. The van der Waals surface area contributed by atoms with Crippen molar-refractivity contribution in [3.05, 3.63) is 77.4 Å². The molecule has 4 aromatic rings. The molecule has 0 bridgehead atoms. The average molecular weight is 480 g/mol. The molecule has 0 saturated heterocycles. The molecule has 0 radical (unpaired) electrons. The highest BCUT2D eigenvalue weighted by molar-refractivity contribution is 5.94. The van der Waals surface area contributed by atoms with Gasteiger partial charge in [0.15, 0.2) is 0 Å². The molecule has 5 rings (SSSR count). The number of fused-ring (bicyclic) bond motifs is 2. The lowest BCUT2D eigenvalue weighted by atomic mass is 9.79. The van der Waals surface area contributed by atoms with Crippen LogP contribution in [-0.2, 0) is 23.3 Å². The Bertz CT molecular complexity index is 1510. The van der Waals surface area contributed by atoms with E-state index in [2.05, 4.69) is 26.3 Å². The van der Waals surface area contributed by atoms with E-state index in [1.54, 1.807) is 30.7 Å². The number of aromatic nitrogens is 4. The number of nitriles is 1. The monoisotopic (exact) mass is 479 g/mol. The first kappa shape index (κ1) is 23.3. The Morgan fingerprint density at radius 1 is 1.14 bits per heavy atom. The first-order valence-electron chi connectivity index (χ1n) is 11.5. The van der Waals surface area contributed by atoms with Gasteiger partial charge in [-0.1, -0.05) is 6.07 Å². The number of hydrogen-bond donors (Lipinski definition) is 1. The quantitative estimate of drug-likeness (QED) is 0.463. The van der Waals surface area contributed by atoms with Crippen LogP contribution in [0.25, 0.3) is 22.3 Å². The van der Waals surface area contributed by atoms with Crippen molar-refractivity contribution in [1.29, 1.82) is 5.26 Å². The first-order valence-corrected chi connectivity index (χ1v) is 11.5. The van der Waals surface area contributed by atoms with E-state index >= 15 is 0 Å². The lowest BCUT2D eigenvalue weighted by Crippen LogP contribution is -2.33. The van der Waals surface area contributed by atoms with Crippen LogP contribution >= 0.6 is 0 Å². The third-order valence-corrected chi connectivity index (χ3v) is 6.26. The maximum atomic E-state index is 12.9. The second-order valence-electron chi connectivity index (χ2n) is 9.21. The van der Waals surface area contributed by atoms with Crippen molar-refractivity contribution in [2.45, 2.75) is 25.5 Å². The second kappa shape index (κ2) is 9.32. The van der Waals surface area contributed by atoms with Crippen molar-refractivity contribution in [2.75, 3.05) is 25.6 Å². The van der Waals surface area contributed by atoms with Crippen LogP contribution in [0.5, 0.6) is 0 Å². The molecule has 0 fully saturated rings. The highest BCUT2D eigenvalue weighted by Gasteiger charge is 2.33. The molecule has 1 aliphatic rings. The van der Waals surface area contributed by atoms with Crippen molar-refractivity contribution in [3.8, 4) is 17.5 Å². The smallest absolute Gasteiger partial charge is 0.251 e. The van der Waals surface area contributed by atoms with Crippen LogP contribution < -0.4 is 10.2 Å². The fourth-order valence-corrected chi connectivity index (χ4v) is 4.16. The zero-order chi connectivity index (χ0) is 25.3. The predicted molar refractivity (Wildman–Crippen MR) is 135 cm³/mol. The van der Waals surface area contributed by atoms with Gasteiger partial charge in [0.05, 0.1) is 55.1 Å². The van der Waals surface area contributed by atoms with Gasteiger partial charge in [0.2, 0.25) is 0 Å². The predicted octanol–water partition coefficient (Wildman–Crippen LogP) is 3.39. The zero-order valence-electron chi connectivity index (χ0n) is 20.3. The van der Waals surface area contributed by atoms with Gasteiger partial charge in [0.25, 0.3) is 5.91 Å². The van der Waals surface area contributed by atoms with E-state index < -0.39 is 5.41 Å². The van der Waals surface area contributed by atoms with Gasteiger partial charge in [-0.3, -0.25) is 14.8 Å². The lowest BCUT2D eigenvalue weighted by molar-refractivity contribution is 0.0757. The number of carbonyl (C=O) groups excluding carboxylic acids is 1. The summed E-state index contributed by atoms with van der Waals surface area (Å²) in [6, 6.07) is 13.4. The number of carbonyl (C=O) groups is 1. The minimum absolute atomic E-state index is 0.232. The van der Waals surface area contributed by atoms with Crippen LogP contribution in [0.1, 0.15) is 34.1 Å². The summed E-state index contributed by atoms with van der Waals surface area (Å²) in [5.41, 5.74) is 4.31. The van der Waals surface area contributed by atoms with Crippen LogP contribution in [-0.4, -0.2) is 46.5 Å². The number of benzene rings is 1. The van der Waals surface area contributed by atoms with E-state index in [1.165, 1.54) is 0 Å². The molecule has 0 unspecified atom stereocenters. The van der Waals surface area contributed by atoms with Crippen molar-refractivity contribution < 1.29 is 9.53 Å². The van der Waals surface area contributed by atoms with Gasteiger partial charge in [-0.15, -0.1) is 0 Å². The number of nitrogens with one attached hydrogen (secondary N) is 1. The molecular weight excluding hydrogens is 454 g/mol. The van der Waals surface area contributed by atoms with Crippen LogP contribution in [0.4, 0.5) is 5.82 Å². The Morgan fingerprint density at radius 3 is 2.81 bits per heavy atom. The third kappa shape index (κ3) is 4.46. The molecule has 1 aromatic carbocycles. The average Bonchev–Trinajstić information content (AvgIpc) is 2.91. The molecule has 9 heteroatoms. The number of ether oxygens (including phenoxy) is 1. The van der Waals surface area contributed by atoms with Crippen molar-refractivity contribution in [2.24, 2.45) is 0 Å². The standard InChI is InChI=1S/C27H25N7O2/c1-27(15-28)16-36-14-19-5-4-17(8-21(19)27)26(35)31-11-20-9-23-18(10-30-20)6-7-22(32-23)24-12-29-13-25(33-24)34(2)3/h4-10,12-13H,11,14,16H2,1-3H3,(H,31,35)/t27-/m1/s1. The topological polar surface area (TPSA) is 117 Å². The van der Waals surface area contributed by atoms with E-state index in [4.69, 9.17) is 9.72 Å². The fraction of sp³-hybridized carbons (Fsp3) is 0.259. The summed E-state index contributed by atoms with van der Waals surface area (Å²) in [7, 11) is 3.82. The van der Waals surface area contributed by atoms with Gasteiger partial charge in [0.1, 0.15) is 16.9 Å². The lowest BCUT2D eigenvalue weighted by Gasteiger charge is -2.30. The number of rotatable bonds is 5. The van der Waals surface area contributed by atoms with E-state index in [0.717, 1.165) is 27.8 Å². The maximum absolute atomic E-state index is 12.9. The van der Waals surface area contributed by atoms with Gasteiger partial charge in [0, 0.05) is 31.2 Å². The van der Waals surface area contributed by atoms with Crippen LogP contribution in [0.2, 0.25) is 0 Å². The normalized spacial score (nSPS) is 16.7. The summed E-state index contributed by atoms with van der Waals surface area (Å²) in [4.78, 5) is 32.9. The minimum Gasteiger partial charge on any atom is -0.375 e. The number of hydrogen-bond acceptors (Lipinski definition) is 8. The number of nitrogens with zero attached hydrogens (tertiary/aromatic N) is 6. The van der Waals surface area contributed by atoms with Crippen molar-refractivity contribution >= 4 is 22.6 Å². The summed E-state index contributed by atoms with van der Waals surface area (Å²) in [5.74, 6) is 0.515. The molecule has 0 saturated carbocycles. The van der Waals surface area contributed by atoms with Crippen molar-refractivity contribution in [3.63, 3.8) is 0 Å². The Balaban J connectivity index is 1.35. The molecule has 0 spiro atoms. The van der Waals surface area contributed by atoms with Gasteiger partial charge in [-0.25, -0.2) is 9.97 Å². The summed E-state index contributed by atoms with van der Waals surface area (Å²) in [5, 5.41) is 13.5. The van der Waals surface area contributed by atoms with E-state index in [9.17, 15) is 10.1 Å². The number of pyridine rings is 2. The molecule has 9 nitrogen and oxygen atoms in total. The zero-order valence-corrected chi connectivity index (χ0v) is 20.3. The number of amides is 1. The molecule has 0 aliphatic carbocycles. The van der Waals surface area contributed by atoms with Crippen molar-refractivity contribution in [1.82, 2.24) is 25.3 Å². The Morgan fingerprint density at radius 2 is 2.00 bits per heavy atom. The fourth-order valence-electron chi connectivity index (χ4n) is 4.16. The Labute approximate surface area is 208 Å². The SMILES string of the molecule is CN(C)c1cncc(-c2ccc3cnc(CNC(=O)c4ccc5c(c4)[C@](C)(C#N)COC5)cc3n2)n1. The molecule has 3 aromatic heterocycles. The molecule has 1 aliphatic heterocycles.